The fourth-order valence-corrected chi connectivity index (χ4v) is 6.77. The summed E-state index contributed by atoms with van der Waals surface area (Å²) >= 11 is 0. The number of amides is 2. The summed E-state index contributed by atoms with van der Waals surface area (Å²) in [5.41, 5.74) is -0.0352. The van der Waals surface area contributed by atoms with Gasteiger partial charge in [-0.05, 0) is 63.2 Å². The van der Waals surface area contributed by atoms with Gasteiger partial charge in [0.25, 0.3) is 0 Å². The zero-order chi connectivity index (χ0) is 20.0. The van der Waals surface area contributed by atoms with E-state index in [0.717, 1.165) is 63.2 Å². The summed E-state index contributed by atoms with van der Waals surface area (Å²) in [5, 5.41) is 6.56. The molecule has 0 radical (unpaired) electrons. The van der Waals surface area contributed by atoms with Crippen LogP contribution >= 0.6 is 0 Å². The molecular weight excluding hydrogens is 368 g/mol. The number of carbonyl (C=O) groups is 2. The van der Waals surface area contributed by atoms with E-state index in [1.54, 1.807) is 13.0 Å². The second-order valence-electron chi connectivity index (χ2n) is 9.95. The molecule has 4 aliphatic carbocycles. The number of piperazine rings is 1. The van der Waals surface area contributed by atoms with Crippen LogP contribution in [0.4, 0.5) is 5.82 Å². The highest BCUT2D eigenvalue weighted by atomic mass is 16.5. The molecule has 5 aliphatic rings. The lowest BCUT2D eigenvalue weighted by Gasteiger charge is -2.57. The van der Waals surface area contributed by atoms with Crippen LogP contribution in [0.3, 0.4) is 0 Å². The van der Waals surface area contributed by atoms with Crippen molar-refractivity contribution in [1.82, 2.24) is 15.0 Å². The number of anilines is 1. The average Bonchev–Trinajstić information content (AvgIpc) is 3.10. The predicted molar refractivity (Wildman–Crippen MR) is 108 cm³/mol. The number of hydrogen-bond donors (Lipinski definition) is 1. The molecule has 158 valence electrons. The maximum Gasteiger partial charge on any atom is 0.228 e. The fraction of sp³-hybridized carbons (Fsp3) is 0.773. The first-order valence-corrected chi connectivity index (χ1v) is 11.2. The SMILES string of the molecule is Cc1cc(NC(=O)CCN2CCN(C(=O)C34CC5CC(CC(C5)C3)C4)CC2)no1. The Bertz CT molecular complexity index is 745. The Morgan fingerprint density at radius 3 is 2.28 bits per heavy atom. The minimum atomic E-state index is -0.0506. The van der Waals surface area contributed by atoms with Crippen LogP contribution < -0.4 is 5.32 Å². The average molecular weight is 401 g/mol. The zero-order valence-corrected chi connectivity index (χ0v) is 17.4. The van der Waals surface area contributed by atoms with Gasteiger partial charge >= 0.3 is 0 Å². The molecule has 7 nitrogen and oxygen atoms in total. The second kappa shape index (κ2) is 7.42. The molecule has 4 bridgehead atoms. The highest BCUT2D eigenvalue weighted by molar-refractivity contribution is 5.89. The van der Waals surface area contributed by atoms with Crippen molar-refractivity contribution in [2.45, 2.75) is 51.9 Å². The van der Waals surface area contributed by atoms with E-state index in [1.165, 1.54) is 19.3 Å². The monoisotopic (exact) mass is 400 g/mol. The molecule has 5 fully saturated rings. The van der Waals surface area contributed by atoms with Gasteiger partial charge in [0.15, 0.2) is 5.82 Å². The summed E-state index contributed by atoms with van der Waals surface area (Å²) in [5.74, 6) is 3.95. The van der Waals surface area contributed by atoms with Gasteiger partial charge in [0, 0.05) is 45.2 Å². The van der Waals surface area contributed by atoms with Crippen LogP contribution in [0.1, 0.15) is 50.7 Å². The Kier molecular flexibility index (Phi) is 4.88. The highest BCUT2D eigenvalue weighted by Gasteiger charge is 2.55. The Morgan fingerprint density at radius 2 is 1.72 bits per heavy atom. The number of nitrogens with zero attached hydrogens (tertiary/aromatic N) is 3. The van der Waals surface area contributed by atoms with E-state index in [2.05, 4.69) is 20.3 Å². The molecule has 0 spiro atoms. The van der Waals surface area contributed by atoms with E-state index in [-0.39, 0.29) is 11.3 Å². The standard InChI is InChI=1S/C22H32N4O3/c1-15-8-19(24-29-15)23-20(27)2-3-25-4-6-26(7-5-25)21(28)22-12-16-9-17(13-22)11-18(10-16)14-22/h8,16-18H,2-7,9-14H2,1H3,(H,23,24,27). The molecule has 1 aromatic rings. The van der Waals surface area contributed by atoms with Gasteiger partial charge < -0.3 is 14.7 Å². The summed E-state index contributed by atoms with van der Waals surface area (Å²) in [7, 11) is 0. The number of nitrogens with one attached hydrogen (secondary N) is 1. The first-order valence-electron chi connectivity index (χ1n) is 11.2. The Labute approximate surface area is 172 Å². The van der Waals surface area contributed by atoms with Gasteiger partial charge in [-0.3, -0.25) is 14.5 Å². The molecule has 29 heavy (non-hydrogen) atoms. The number of aryl methyl sites for hydroxylation is 1. The van der Waals surface area contributed by atoms with Crippen LogP contribution in [0.25, 0.3) is 0 Å². The molecular formula is C22H32N4O3. The van der Waals surface area contributed by atoms with Gasteiger partial charge in [-0.15, -0.1) is 0 Å². The molecule has 4 saturated carbocycles. The van der Waals surface area contributed by atoms with Crippen molar-refractivity contribution in [3.8, 4) is 0 Å². The van der Waals surface area contributed by atoms with Gasteiger partial charge in [-0.25, -0.2) is 0 Å². The number of hydrogen-bond acceptors (Lipinski definition) is 5. The number of aromatic nitrogens is 1. The van der Waals surface area contributed by atoms with E-state index in [4.69, 9.17) is 4.52 Å². The van der Waals surface area contributed by atoms with Gasteiger partial charge in [0.05, 0.1) is 5.41 Å². The van der Waals surface area contributed by atoms with Crippen molar-refractivity contribution < 1.29 is 14.1 Å². The summed E-state index contributed by atoms with van der Waals surface area (Å²) in [4.78, 5) is 30.0. The zero-order valence-electron chi connectivity index (χ0n) is 17.4. The molecule has 1 aliphatic heterocycles. The summed E-state index contributed by atoms with van der Waals surface area (Å²) in [6.45, 7) is 5.81. The first kappa shape index (κ1) is 19.1. The number of rotatable bonds is 5. The largest absolute Gasteiger partial charge is 0.360 e. The normalized spacial score (nSPS) is 33.8. The quantitative estimate of drug-likeness (QED) is 0.822. The molecule has 1 N–H and O–H groups in total. The Morgan fingerprint density at radius 1 is 1.10 bits per heavy atom. The molecule has 1 saturated heterocycles. The van der Waals surface area contributed by atoms with Gasteiger partial charge in [0.1, 0.15) is 5.76 Å². The molecule has 0 atom stereocenters. The molecule has 0 aromatic carbocycles. The van der Waals surface area contributed by atoms with E-state index in [1.807, 2.05) is 0 Å². The fourth-order valence-electron chi connectivity index (χ4n) is 6.77. The van der Waals surface area contributed by atoms with Crippen LogP contribution in [0, 0.1) is 30.1 Å². The summed E-state index contributed by atoms with van der Waals surface area (Å²) in [6.07, 6.45) is 7.96. The first-order chi connectivity index (χ1) is 14.0. The van der Waals surface area contributed by atoms with E-state index < -0.39 is 0 Å². The van der Waals surface area contributed by atoms with Gasteiger partial charge in [-0.2, -0.15) is 0 Å². The topological polar surface area (TPSA) is 78.7 Å². The van der Waals surface area contributed by atoms with Crippen molar-refractivity contribution in [2.75, 3.05) is 38.0 Å². The van der Waals surface area contributed by atoms with Crippen molar-refractivity contribution in [3.05, 3.63) is 11.8 Å². The van der Waals surface area contributed by atoms with Crippen molar-refractivity contribution in [3.63, 3.8) is 0 Å². The maximum atomic E-state index is 13.5. The molecule has 0 unspecified atom stereocenters. The van der Waals surface area contributed by atoms with Crippen LogP contribution in [0.2, 0.25) is 0 Å². The predicted octanol–water partition coefficient (Wildman–Crippen LogP) is 2.67. The summed E-state index contributed by atoms with van der Waals surface area (Å²) < 4.78 is 4.97. The minimum Gasteiger partial charge on any atom is -0.360 e. The van der Waals surface area contributed by atoms with Crippen LogP contribution in [-0.2, 0) is 9.59 Å². The molecule has 1 aromatic heterocycles. The molecule has 2 amide bonds. The lowest BCUT2D eigenvalue weighted by atomic mass is 9.49. The van der Waals surface area contributed by atoms with Gasteiger partial charge in [0.2, 0.25) is 11.8 Å². The summed E-state index contributed by atoms with van der Waals surface area (Å²) in [6, 6.07) is 1.72. The van der Waals surface area contributed by atoms with Crippen LogP contribution in [0.15, 0.2) is 10.6 Å². The number of carbonyl (C=O) groups excluding carboxylic acids is 2. The second-order valence-corrected chi connectivity index (χ2v) is 9.95. The third kappa shape index (κ3) is 3.81. The minimum absolute atomic E-state index is 0.0352. The van der Waals surface area contributed by atoms with Crippen molar-refractivity contribution in [2.24, 2.45) is 23.2 Å². The lowest BCUT2D eigenvalue weighted by molar-refractivity contribution is -0.159. The lowest BCUT2D eigenvalue weighted by Crippen LogP contribution is -2.58. The Balaban J connectivity index is 1.09. The highest BCUT2D eigenvalue weighted by Crippen LogP contribution is 2.60. The molecule has 7 heteroatoms. The molecule has 2 heterocycles. The van der Waals surface area contributed by atoms with Crippen molar-refractivity contribution in [1.29, 1.82) is 0 Å². The third-order valence-electron chi connectivity index (χ3n) is 7.70. The Hall–Kier alpha value is -1.89. The van der Waals surface area contributed by atoms with E-state index in [0.29, 0.717) is 30.5 Å². The third-order valence-corrected chi connectivity index (χ3v) is 7.70. The van der Waals surface area contributed by atoms with E-state index >= 15 is 0 Å². The van der Waals surface area contributed by atoms with Gasteiger partial charge in [-0.1, -0.05) is 5.16 Å². The van der Waals surface area contributed by atoms with Crippen LogP contribution in [0.5, 0.6) is 0 Å². The van der Waals surface area contributed by atoms with Crippen molar-refractivity contribution >= 4 is 17.6 Å². The smallest absolute Gasteiger partial charge is 0.228 e. The van der Waals surface area contributed by atoms with Crippen LogP contribution in [-0.4, -0.2) is 59.5 Å². The van der Waals surface area contributed by atoms with E-state index in [9.17, 15) is 9.59 Å². The maximum absolute atomic E-state index is 13.5. The molecule has 6 rings (SSSR count).